The topological polar surface area (TPSA) is 46.3 Å². The molecule has 8 heavy (non-hydrogen) atoms. The minimum absolute atomic E-state index is 0.548. The molecule has 0 aromatic carbocycles. The molecule has 0 aliphatic rings. The van der Waals surface area contributed by atoms with Crippen LogP contribution in [0, 0.1) is 0 Å². The third kappa shape index (κ3) is 2.58. The molecule has 0 saturated carbocycles. The molecule has 0 atom stereocenters. The fourth-order valence-electron chi connectivity index (χ4n) is 0.451. The molecule has 0 spiro atoms. The zero-order valence-electron chi connectivity index (χ0n) is 5.13. The molecule has 0 heterocycles. The Morgan fingerprint density at radius 1 is 1.75 bits per heavy atom. The number of hydrogen-bond donors (Lipinski definition) is 1. The van der Waals surface area contributed by atoms with Crippen molar-refractivity contribution in [2.45, 2.75) is 6.92 Å². The van der Waals surface area contributed by atoms with Gasteiger partial charge in [-0.2, -0.15) is 0 Å². The maximum absolute atomic E-state index is 10.00. The van der Waals surface area contributed by atoms with Crippen molar-refractivity contribution in [2.24, 2.45) is 5.73 Å². The van der Waals surface area contributed by atoms with Crippen molar-refractivity contribution in [3.8, 4) is 0 Å². The number of likely N-dealkylation sites (N-methyl/N-ethyl adjacent to an activating group) is 1. The van der Waals surface area contributed by atoms with E-state index in [4.69, 9.17) is 5.73 Å². The van der Waals surface area contributed by atoms with Crippen molar-refractivity contribution in [2.75, 3.05) is 19.6 Å². The molecule has 0 bridgehead atoms. The van der Waals surface area contributed by atoms with Gasteiger partial charge in [0.2, 0.25) is 6.41 Å². The third-order valence-corrected chi connectivity index (χ3v) is 0.972. The first-order valence-corrected chi connectivity index (χ1v) is 2.74. The van der Waals surface area contributed by atoms with Gasteiger partial charge < -0.3 is 10.6 Å². The molecule has 3 nitrogen and oxygen atoms in total. The van der Waals surface area contributed by atoms with E-state index in [1.165, 1.54) is 0 Å². The number of nitrogens with two attached hydrogens (primary N) is 1. The Balaban J connectivity index is 3.21. The lowest BCUT2D eigenvalue weighted by molar-refractivity contribution is -0.117. The van der Waals surface area contributed by atoms with Gasteiger partial charge in [0.1, 0.15) is 0 Å². The molecule has 3 heteroatoms. The summed E-state index contributed by atoms with van der Waals surface area (Å²) in [5.41, 5.74) is 5.18. The Kier molecular flexibility index (Phi) is 4.26. The monoisotopic (exact) mass is 116 g/mol. The van der Waals surface area contributed by atoms with Gasteiger partial charge in [-0.15, -0.1) is 0 Å². The quantitative estimate of drug-likeness (QED) is 0.500. The Labute approximate surface area is 49.5 Å². The molecule has 0 fully saturated rings. The van der Waals surface area contributed by atoms with E-state index in [0.29, 0.717) is 13.1 Å². The SMILES string of the molecule is CCN(C=O)CCN. The van der Waals surface area contributed by atoms with Crippen LogP contribution in [-0.4, -0.2) is 30.9 Å². The van der Waals surface area contributed by atoms with Crippen LogP contribution in [0.4, 0.5) is 0 Å². The summed E-state index contributed by atoms with van der Waals surface area (Å²) in [5, 5.41) is 0. The van der Waals surface area contributed by atoms with Crippen LogP contribution >= 0.6 is 0 Å². The van der Waals surface area contributed by atoms with E-state index in [-0.39, 0.29) is 0 Å². The molecule has 0 unspecified atom stereocenters. The highest BCUT2D eigenvalue weighted by Gasteiger charge is 1.91. The Hall–Kier alpha value is -0.570. The minimum atomic E-state index is 0.548. The average molecular weight is 116 g/mol. The van der Waals surface area contributed by atoms with Crippen LogP contribution in [0.5, 0.6) is 0 Å². The van der Waals surface area contributed by atoms with Crippen molar-refractivity contribution in [3.05, 3.63) is 0 Å². The van der Waals surface area contributed by atoms with Crippen LogP contribution in [-0.2, 0) is 4.79 Å². The van der Waals surface area contributed by atoms with Gasteiger partial charge in [0.25, 0.3) is 0 Å². The normalized spacial score (nSPS) is 8.75. The first-order chi connectivity index (χ1) is 3.85. The third-order valence-electron chi connectivity index (χ3n) is 0.972. The van der Waals surface area contributed by atoms with Crippen LogP contribution in [0.3, 0.4) is 0 Å². The van der Waals surface area contributed by atoms with Gasteiger partial charge >= 0.3 is 0 Å². The van der Waals surface area contributed by atoms with Gasteiger partial charge in [0.05, 0.1) is 0 Å². The summed E-state index contributed by atoms with van der Waals surface area (Å²) in [6, 6.07) is 0. The molecule has 0 aromatic rings. The summed E-state index contributed by atoms with van der Waals surface area (Å²) < 4.78 is 0. The zero-order valence-corrected chi connectivity index (χ0v) is 5.13. The van der Waals surface area contributed by atoms with Gasteiger partial charge in [-0.25, -0.2) is 0 Å². The van der Waals surface area contributed by atoms with Gasteiger partial charge in [0, 0.05) is 19.6 Å². The largest absolute Gasteiger partial charge is 0.344 e. The van der Waals surface area contributed by atoms with Crippen molar-refractivity contribution >= 4 is 6.41 Å². The zero-order chi connectivity index (χ0) is 6.41. The Morgan fingerprint density at radius 2 is 2.38 bits per heavy atom. The van der Waals surface area contributed by atoms with Gasteiger partial charge in [-0.3, -0.25) is 4.79 Å². The second-order valence-corrected chi connectivity index (χ2v) is 1.52. The number of carbonyl (C=O) groups excluding carboxylic acids is 1. The second-order valence-electron chi connectivity index (χ2n) is 1.52. The van der Waals surface area contributed by atoms with Crippen LogP contribution in [0.15, 0.2) is 0 Å². The van der Waals surface area contributed by atoms with Crippen molar-refractivity contribution in [3.63, 3.8) is 0 Å². The van der Waals surface area contributed by atoms with Crippen LogP contribution < -0.4 is 5.73 Å². The summed E-state index contributed by atoms with van der Waals surface area (Å²) in [6.07, 6.45) is 0.812. The van der Waals surface area contributed by atoms with E-state index in [0.717, 1.165) is 13.0 Å². The lowest BCUT2D eigenvalue weighted by Crippen LogP contribution is -2.27. The molecule has 2 N–H and O–H groups in total. The number of rotatable bonds is 4. The maximum Gasteiger partial charge on any atom is 0.209 e. The molecule has 0 aliphatic heterocycles. The van der Waals surface area contributed by atoms with Crippen molar-refractivity contribution in [1.29, 1.82) is 0 Å². The lowest BCUT2D eigenvalue weighted by atomic mass is 10.5. The summed E-state index contributed by atoms with van der Waals surface area (Å²) >= 11 is 0. The standard InChI is InChI=1S/C5H12N2O/c1-2-7(5-8)4-3-6/h5H,2-4,6H2,1H3. The van der Waals surface area contributed by atoms with Crippen molar-refractivity contribution < 1.29 is 4.79 Å². The Morgan fingerprint density at radius 3 is 2.50 bits per heavy atom. The van der Waals surface area contributed by atoms with Crippen LogP contribution in [0.2, 0.25) is 0 Å². The smallest absolute Gasteiger partial charge is 0.209 e. The molecule has 0 rings (SSSR count). The summed E-state index contributed by atoms with van der Waals surface area (Å²) in [6.45, 7) is 3.89. The summed E-state index contributed by atoms with van der Waals surface area (Å²) in [7, 11) is 0. The predicted octanol–water partition coefficient (Wildman–Crippen LogP) is -0.577. The Bertz CT molecular complexity index is 65.4. The molecule has 1 amide bonds. The number of nitrogens with zero attached hydrogens (tertiary/aromatic N) is 1. The minimum Gasteiger partial charge on any atom is -0.344 e. The van der Waals surface area contributed by atoms with Crippen LogP contribution in [0.1, 0.15) is 6.92 Å². The second kappa shape index (κ2) is 4.59. The molecular formula is C5H12N2O. The van der Waals surface area contributed by atoms with E-state index in [1.54, 1.807) is 4.90 Å². The molecule has 0 saturated heterocycles. The molecular weight excluding hydrogens is 104 g/mol. The summed E-state index contributed by atoms with van der Waals surface area (Å²) in [4.78, 5) is 11.6. The number of hydrogen-bond acceptors (Lipinski definition) is 2. The first-order valence-electron chi connectivity index (χ1n) is 2.74. The van der Waals surface area contributed by atoms with Crippen LogP contribution in [0.25, 0.3) is 0 Å². The molecule has 0 aromatic heterocycles. The lowest BCUT2D eigenvalue weighted by Gasteiger charge is -2.11. The molecule has 0 aliphatic carbocycles. The van der Waals surface area contributed by atoms with Gasteiger partial charge in [-0.1, -0.05) is 0 Å². The van der Waals surface area contributed by atoms with E-state index >= 15 is 0 Å². The maximum atomic E-state index is 10.00. The van der Waals surface area contributed by atoms with Crippen molar-refractivity contribution in [1.82, 2.24) is 4.90 Å². The fraction of sp³-hybridized carbons (Fsp3) is 0.800. The fourth-order valence-corrected chi connectivity index (χ4v) is 0.451. The average Bonchev–Trinajstić information content (AvgIpc) is 1.83. The van der Waals surface area contributed by atoms with E-state index in [9.17, 15) is 4.79 Å². The summed E-state index contributed by atoms with van der Waals surface area (Å²) in [5.74, 6) is 0. The molecule has 48 valence electrons. The van der Waals surface area contributed by atoms with E-state index in [2.05, 4.69) is 0 Å². The highest BCUT2D eigenvalue weighted by atomic mass is 16.1. The highest BCUT2D eigenvalue weighted by Crippen LogP contribution is 1.75. The van der Waals surface area contributed by atoms with E-state index in [1.807, 2.05) is 6.92 Å². The highest BCUT2D eigenvalue weighted by molar-refractivity contribution is 5.46. The van der Waals surface area contributed by atoms with Gasteiger partial charge in [-0.05, 0) is 6.92 Å². The predicted molar refractivity (Wildman–Crippen MR) is 32.4 cm³/mol. The number of carbonyl (C=O) groups is 1. The van der Waals surface area contributed by atoms with E-state index < -0.39 is 0 Å². The first kappa shape index (κ1) is 7.43. The van der Waals surface area contributed by atoms with Gasteiger partial charge in [0.15, 0.2) is 0 Å². The molecule has 0 radical (unpaired) electrons. The number of amides is 1.